The highest BCUT2D eigenvalue weighted by Crippen LogP contribution is 2.27. The summed E-state index contributed by atoms with van der Waals surface area (Å²) < 4.78 is 18.8. The first-order valence-electron chi connectivity index (χ1n) is 6.22. The predicted octanol–water partition coefficient (Wildman–Crippen LogP) is 1.18. The number of para-hydroxylation sites is 1. The van der Waals surface area contributed by atoms with Crippen LogP contribution in [0, 0.1) is 5.82 Å². The van der Waals surface area contributed by atoms with Crippen molar-refractivity contribution in [1.82, 2.24) is 4.90 Å². The third kappa shape index (κ3) is 2.91. The Kier molecular flexibility index (Phi) is 4.38. The Hall–Kier alpha value is -1.33. The quantitative estimate of drug-likeness (QED) is 0.818. The number of nitrogen functional groups attached to an aromatic ring is 1. The molecule has 1 aromatic carbocycles. The Balaban J connectivity index is 1.97. The third-order valence-electron chi connectivity index (χ3n) is 3.32. The molecule has 0 amide bonds. The van der Waals surface area contributed by atoms with E-state index in [9.17, 15) is 4.39 Å². The molecule has 1 aromatic rings. The van der Waals surface area contributed by atoms with E-state index >= 15 is 0 Å². The van der Waals surface area contributed by atoms with Crippen LogP contribution in [0.2, 0.25) is 0 Å². The summed E-state index contributed by atoms with van der Waals surface area (Å²) in [6.07, 6.45) is 0. The first-order chi connectivity index (χ1) is 8.72. The molecule has 0 saturated carbocycles. The molecule has 0 radical (unpaired) electrons. The van der Waals surface area contributed by atoms with Gasteiger partial charge in [-0.2, -0.15) is 0 Å². The minimum absolute atomic E-state index is 0.236. The molecule has 2 N–H and O–H groups in total. The van der Waals surface area contributed by atoms with Crippen LogP contribution in [0.3, 0.4) is 0 Å². The molecule has 0 unspecified atom stereocenters. The molecule has 1 heterocycles. The summed E-state index contributed by atoms with van der Waals surface area (Å²) in [5, 5.41) is 0. The standard InChI is InChI=1S/C13H20FN3O/c1-18-10-9-16-5-7-17(8-6-16)13-11(14)3-2-4-12(13)15/h2-4H,5-10,15H2,1H3. The molecule has 100 valence electrons. The van der Waals surface area contributed by atoms with Crippen molar-refractivity contribution in [2.24, 2.45) is 0 Å². The highest BCUT2D eigenvalue weighted by atomic mass is 19.1. The fraction of sp³-hybridized carbons (Fsp3) is 0.538. The van der Waals surface area contributed by atoms with Gasteiger partial charge in [0.1, 0.15) is 5.82 Å². The molecule has 18 heavy (non-hydrogen) atoms. The van der Waals surface area contributed by atoms with Gasteiger partial charge in [0.2, 0.25) is 0 Å². The van der Waals surface area contributed by atoms with Crippen molar-refractivity contribution in [3.8, 4) is 0 Å². The van der Waals surface area contributed by atoms with Gasteiger partial charge in [0.05, 0.1) is 18.0 Å². The van der Waals surface area contributed by atoms with Gasteiger partial charge in [-0.05, 0) is 12.1 Å². The van der Waals surface area contributed by atoms with Crippen molar-refractivity contribution in [1.29, 1.82) is 0 Å². The van der Waals surface area contributed by atoms with E-state index < -0.39 is 0 Å². The Morgan fingerprint density at radius 2 is 2.00 bits per heavy atom. The number of ether oxygens (including phenoxy) is 1. The number of hydrogen-bond acceptors (Lipinski definition) is 4. The molecular weight excluding hydrogens is 233 g/mol. The minimum atomic E-state index is -0.236. The molecule has 1 aliphatic rings. The van der Waals surface area contributed by atoms with E-state index in [1.54, 1.807) is 19.2 Å². The summed E-state index contributed by atoms with van der Waals surface area (Å²) in [6.45, 7) is 5.09. The second-order valence-corrected chi connectivity index (χ2v) is 4.50. The number of nitrogens with two attached hydrogens (primary N) is 1. The van der Waals surface area contributed by atoms with E-state index in [2.05, 4.69) is 4.90 Å². The minimum Gasteiger partial charge on any atom is -0.397 e. The molecule has 0 aliphatic carbocycles. The number of hydrogen-bond donors (Lipinski definition) is 1. The second-order valence-electron chi connectivity index (χ2n) is 4.50. The first-order valence-corrected chi connectivity index (χ1v) is 6.22. The number of anilines is 2. The summed E-state index contributed by atoms with van der Waals surface area (Å²) in [6, 6.07) is 4.85. The fourth-order valence-corrected chi connectivity index (χ4v) is 2.28. The summed E-state index contributed by atoms with van der Waals surface area (Å²) in [5.74, 6) is -0.236. The van der Waals surface area contributed by atoms with Crippen LogP contribution in [-0.4, -0.2) is 51.3 Å². The van der Waals surface area contributed by atoms with Gasteiger partial charge >= 0.3 is 0 Å². The monoisotopic (exact) mass is 253 g/mol. The molecule has 0 aromatic heterocycles. The molecule has 2 rings (SSSR count). The molecule has 5 heteroatoms. The number of halogens is 1. The van der Waals surface area contributed by atoms with Crippen molar-refractivity contribution >= 4 is 11.4 Å². The first kappa shape index (κ1) is 13.1. The Morgan fingerprint density at radius 3 is 2.61 bits per heavy atom. The highest BCUT2D eigenvalue weighted by Gasteiger charge is 2.20. The normalized spacial score (nSPS) is 17.1. The van der Waals surface area contributed by atoms with Gasteiger partial charge in [0.25, 0.3) is 0 Å². The number of benzene rings is 1. The molecule has 1 saturated heterocycles. The zero-order valence-corrected chi connectivity index (χ0v) is 10.7. The van der Waals surface area contributed by atoms with Crippen molar-refractivity contribution in [2.75, 3.05) is 57.1 Å². The SMILES string of the molecule is COCCN1CCN(c2c(N)cccc2F)CC1. The molecule has 1 aliphatic heterocycles. The van der Waals surface area contributed by atoms with Gasteiger partial charge < -0.3 is 15.4 Å². The van der Waals surface area contributed by atoms with Crippen LogP contribution in [0.1, 0.15) is 0 Å². The zero-order chi connectivity index (χ0) is 13.0. The maximum absolute atomic E-state index is 13.8. The van der Waals surface area contributed by atoms with Crippen LogP contribution in [0.5, 0.6) is 0 Å². The predicted molar refractivity (Wildman–Crippen MR) is 71.3 cm³/mol. The lowest BCUT2D eigenvalue weighted by Gasteiger charge is -2.36. The Labute approximate surface area is 107 Å². The van der Waals surface area contributed by atoms with E-state index in [0.717, 1.165) is 39.3 Å². The van der Waals surface area contributed by atoms with Crippen molar-refractivity contribution < 1.29 is 9.13 Å². The lowest BCUT2D eigenvalue weighted by molar-refractivity contribution is 0.144. The van der Waals surface area contributed by atoms with Crippen molar-refractivity contribution in [3.05, 3.63) is 24.0 Å². The average molecular weight is 253 g/mol. The smallest absolute Gasteiger partial charge is 0.148 e. The van der Waals surface area contributed by atoms with Crippen LogP contribution in [0.25, 0.3) is 0 Å². The average Bonchev–Trinajstić information content (AvgIpc) is 2.37. The molecule has 0 spiro atoms. The van der Waals surface area contributed by atoms with Gasteiger partial charge in [0, 0.05) is 39.8 Å². The van der Waals surface area contributed by atoms with E-state index in [1.807, 2.05) is 4.90 Å². The molecule has 0 atom stereocenters. The lowest BCUT2D eigenvalue weighted by atomic mass is 10.2. The molecular formula is C13H20FN3O. The van der Waals surface area contributed by atoms with Crippen LogP contribution >= 0.6 is 0 Å². The number of methoxy groups -OCH3 is 1. The summed E-state index contributed by atoms with van der Waals surface area (Å²) in [4.78, 5) is 4.34. The van der Waals surface area contributed by atoms with E-state index in [1.165, 1.54) is 6.07 Å². The third-order valence-corrected chi connectivity index (χ3v) is 3.32. The van der Waals surface area contributed by atoms with Crippen LogP contribution in [-0.2, 0) is 4.74 Å². The Bertz CT molecular complexity index is 372. The molecule has 1 fully saturated rings. The van der Waals surface area contributed by atoms with E-state index in [0.29, 0.717) is 11.4 Å². The maximum atomic E-state index is 13.8. The number of nitrogens with zero attached hydrogens (tertiary/aromatic N) is 2. The Morgan fingerprint density at radius 1 is 1.28 bits per heavy atom. The molecule has 4 nitrogen and oxygen atoms in total. The van der Waals surface area contributed by atoms with Crippen LogP contribution in [0.15, 0.2) is 18.2 Å². The molecule has 0 bridgehead atoms. The van der Waals surface area contributed by atoms with Crippen LogP contribution < -0.4 is 10.6 Å². The number of piperazine rings is 1. The zero-order valence-electron chi connectivity index (χ0n) is 10.7. The van der Waals surface area contributed by atoms with Crippen molar-refractivity contribution in [3.63, 3.8) is 0 Å². The fourth-order valence-electron chi connectivity index (χ4n) is 2.28. The van der Waals surface area contributed by atoms with Gasteiger partial charge in [-0.25, -0.2) is 4.39 Å². The highest BCUT2D eigenvalue weighted by molar-refractivity contribution is 5.68. The van der Waals surface area contributed by atoms with E-state index in [4.69, 9.17) is 10.5 Å². The van der Waals surface area contributed by atoms with Crippen LogP contribution in [0.4, 0.5) is 15.8 Å². The number of rotatable bonds is 4. The topological polar surface area (TPSA) is 41.7 Å². The van der Waals surface area contributed by atoms with Gasteiger partial charge in [-0.15, -0.1) is 0 Å². The second kappa shape index (κ2) is 6.02. The van der Waals surface area contributed by atoms with E-state index in [-0.39, 0.29) is 5.82 Å². The summed E-state index contributed by atoms with van der Waals surface area (Å²) in [5.41, 5.74) is 6.91. The van der Waals surface area contributed by atoms with Gasteiger partial charge in [-0.3, -0.25) is 4.90 Å². The van der Waals surface area contributed by atoms with Gasteiger partial charge in [0.15, 0.2) is 0 Å². The summed E-state index contributed by atoms with van der Waals surface area (Å²) in [7, 11) is 1.70. The largest absolute Gasteiger partial charge is 0.397 e. The lowest BCUT2D eigenvalue weighted by Crippen LogP contribution is -2.47. The van der Waals surface area contributed by atoms with Gasteiger partial charge in [-0.1, -0.05) is 6.07 Å². The van der Waals surface area contributed by atoms with Crippen molar-refractivity contribution in [2.45, 2.75) is 0 Å². The maximum Gasteiger partial charge on any atom is 0.148 e. The summed E-state index contributed by atoms with van der Waals surface area (Å²) >= 11 is 0.